The van der Waals surface area contributed by atoms with Crippen LogP contribution in [0.3, 0.4) is 0 Å². The number of halogens is 1. The summed E-state index contributed by atoms with van der Waals surface area (Å²) >= 11 is 3.40. The Kier molecular flexibility index (Phi) is 6.95. The molecule has 0 fully saturated rings. The summed E-state index contributed by atoms with van der Waals surface area (Å²) in [5.74, 6) is -0.612. The summed E-state index contributed by atoms with van der Waals surface area (Å²) in [6, 6.07) is 7.22. The highest BCUT2D eigenvalue weighted by atomic mass is 79.9. The minimum atomic E-state index is -3.67. The number of esters is 1. The Morgan fingerprint density at radius 3 is 2.44 bits per heavy atom. The van der Waals surface area contributed by atoms with E-state index >= 15 is 0 Å². The third kappa shape index (κ3) is 4.39. The first kappa shape index (κ1) is 19.8. The minimum absolute atomic E-state index is 0.0366. The van der Waals surface area contributed by atoms with Crippen molar-refractivity contribution in [2.45, 2.75) is 20.8 Å². The van der Waals surface area contributed by atoms with E-state index in [1.165, 1.54) is 0 Å². The summed E-state index contributed by atoms with van der Waals surface area (Å²) in [5, 5.41) is 6.69. The number of nitrogens with zero attached hydrogens (tertiary/aromatic N) is 1. The molecule has 136 valence electrons. The number of ether oxygens (including phenoxy) is 1. The number of nitrogens with one attached hydrogen (secondary N) is 1. The van der Waals surface area contributed by atoms with E-state index < -0.39 is 13.6 Å². The van der Waals surface area contributed by atoms with Crippen molar-refractivity contribution >= 4 is 34.9 Å². The van der Waals surface area contributed by atoms with Crippen LogP contribution in [0.2, 0.25) is 0 Å². The molecule has 0 aliphatic heterocycles. The Labute approximate surface area is 154 Å². The van der Waals surface area contributed by atoms with Crippen molar-refractivity contribution < 1.29 is 23.1 Å². The number of benzene rings is 1. The van der Waals surface area contributed by atoms with Crippen LogP contribution in [0.5, 0.6) is 0 Å². The number of carbonyl (C=O) groups excluding carboxylic acids is 1. The summed E-state index contributed by atoms with van der Waals surface area (Å²) in [6.45, 7) is 5.70. The number of carbonyl (C=O) groups is 1. The summed E-state index contributed by atoms with van der Waals surface area (Å²) in [6.07, 6.45) is 0. The van der Waals surface area contributed by atoms with Crippen LogP contribution in [0, 0.1) is 0 Å². The highest BCUT2D eigenvalue weighted by molar-refractivity contribution is 9.10. The van der Waals surface area contributed by atoms with Crippen LogP contribution in [0.25, 0.3) is 11.1 Å². The van der Waals surface area contributed by atoms with Crippen LogP contribution in [-0.2, 0) is 18.3 Å². The minimum Gasteiger partial charge on any atom is -0.461 e. The van der Waals surface area contributed by atoms with Crippen molar-refractivity contribution in [2.24, 2.45) is 0 Å². The third-order valence-electron chi connectivity index (χ3n) is 3.20. The molecule has 0 saturated heterocycles. The first-order valence-electron chi connectivity index (χ1n) is 7.87. The lowest BCUT2D eigenvalue weighted by molar-refractivity contribution is 0.0520. The number of aromatic amines is 1. The van der Waals surface area contributed by atoms with Gasteiger partial charge in [-0.15, -0.1) is 0 Å². The van der Waals surface area contributed by atoms with Gasteiger partial charge in [-0.3, -0.25) is 9.66 Å². The molecule has 0 atom stereocenters. The first-order valence-corrected chi connectivity index (χ1v) is 10.2. The van der Waals surface area contributed by atoms with Crippen molar-refractivity contribution in [3.63, 3.8) is 0 Å². The molecule has 25 heavy (non-hydrogen) atoms. The highest BCUT2D eigenvalue weighted by Crippen LogP contribution is 2.49. The molecule has 2 aromatic rings. The standard InChI is InChI=1S/C16H20BrN2O5P/c1-4-22-16(20)14-13(11-8-7-9-12(17)10-11)15(19-18-14)25(21,23-5-2)24-6-3/h7-10H,4-6H2,1-3H3,(H,18,19). The lowest BCUT2D eigenvalue weighted by Gasteiger charge is -2.17. The van der Waals surface area contributed by atoms with Gasteiger partial charge in [0.05, 0.1) is 25.4 Å². The Balaban J connectivity index is 2.68. The summed E-state index contributed by atoms with van der Waals surface area (Å²) in [5.41, 5.74) is 1.16. The van der Waals surface area contributed by atoms with E-state index in [-0.39, 0.29) is 30.9 Å². The second kappa shape index (κ2) is 8.76. The normalized spacial score (nSPS) is 11.5. The largest absolute Gasteiger partial charge is 0.461 e. The van der Waals surface area contributed by atoms with E-state index in [1.807, 2.05) is 6.07 Å². The van der Waals surface area contributed by atoms with Crippen LogP contribution >= 0.6 is 23.5 Å². The topological polar surface area (TPSA) is 90.5 Å². The summed E-state index contributed by atoms with van der Waals surface area (Å²) in [7, 11) is -3.67. The molecule has 1 N–H and O–H groups in total. The van der Waals surface area contributed by atoms with Gasteiger partial charge >= 0.3 is 13.6 Å². The van der Waals surface area contributed by atoms with Crippen LogP contribution in [0.4, 0.5) is 0 Å². The van der Waals surface area contributed by atoms with Crippen LogP contribution < -0.4 is 5.44 Å². The zero-order valence-corrected chi connectivity index (χ0v) is 16.7. The Morgan fingerprint density at radius 2 is 1.88 bits per heavy atom. The molecule has 0 unspecified atom stereocenters. The fraction of sp³-hybridized carbons (Fsp3) is 0.375. The van der Waals surface area contributed by atoms with E-state index in [9.17, 15) is 9.36 Å². The SMILES string of the molecule is CCOC(=O)c1n[nH]c(P(=O)(OCC)OCC)c1-c1cccc(Br)c1. The van der Waals surface area contributed by atoms with Gasteiger partial charge in [-0.1, -0.05) is 28.1 Å². The van der Waals surface area contributed by atoms with E-state index in [0.29, 0.717) is 11.1 Å². The van der Waals surface area contributed by atoms with Crippen LogP contribution in [-0.4, -0.2) is 36.0 Å². The van der Waals surface area contributed by atoms with Gasteiger partial charge in [-0.05, 0) is 38.5 Å². The fourth-order valence-corrected chi connectivity index (χ4v) is 4.39. The average molecular weight is 431 g/mol. The van der Waals surface area contributed by atoms with E-state index in [1.54, 1.807) is 39.0 Å². The zero-order chi connectivity index (χ0) is 18.4. The lowest BCUT2D eigenvalue weighted by atomic mass is 10.1. The second-order valence-corrected chi connectivity index (χ2v) is 7.73. The van der Waals surface area contributed by atoms with Gasteiger partial charge in [0.25, 0.3) is 0 Å². The predicted octanol–water partition coefficient (Wildman–Crippen LogP) is 3.91. The molecule has 2 rings (SSSR count). The monoisotopic (exact) mass is 430 g/mol. The molecule has 1 aromatic carbocycles. The van der Waals surface area contributed by atoms with Crippen LogP contribution in [0.1, 0.15) is 31.3 Å². The second-order valence-electron chi connectivity index (χ2n) is 4.86. The summed E-state index contributed by atoms with van der Waals surface area (Å²) in [4.78, 5) is 12.3. The van der Waals surface area contributed by atoms with Gasteiger partial charge in [0.2, 0.25) is 0 Å². The molecule has 0 spiro atoms. The number of rotatable bonds is 8. The molecule has 0 saturated carbocycles. The Morgan fingerprint density at radius 1 is 1.20 bits per heavy atom. The molecule has 0 bridgehead atoms. The van der Waals surface area contributed by atoms with Crippen molar-refractivity contribution in [3.05, 3.63) is 34.4 Å². The molecular weight excluding hydrogens is 411 g/mol. The van der Waals surface area contributed by atoms with Crippen molar-refractivity contribution in [1.29, 1.82) is 0 Å². The first-order chi connectivity index (χ1) is 12.0. The van der Waals surface area contributed by atoms with E-state index in [0.717, 1.165) is 4.47 Å². The van der Waals surface area contributed by atoms with Gasteiger partial charge in [-0.25, -0.2) is 4.79 Å². The molecular formula is C16H20BrN2O5P. The van der Waals surface area contributed by atoms with Gasteiger partial charge < -0.3 is 13.8 Å². The van der Waals surface area contributed by atoms with E-state index in [4.69, 9.17) is 13.8 Å². The average Bonchev–Trinajstić information content (AvgIpc) is 3.01. The van der Waals surface area contributed by atoms with Gasteiger partial charge in [-0.2, -0.15) is 5.10 Å². The molecule has 0 aliphatic rings. The number of aromatic nitrogens is 2. The molecule has 0 amide bonds. The maximum Gasteiger partial charge on any atom is 0.379 e. The maximum atomic E-state index is 13.2. The molecule has 7 nitrogen and oxygen atoms in total. The maximum absolute atomic E-state index is 13.2. The number of hydrogen-bond donors (Lipinski definition) is 1. The van der Waals surface area contributed by atoms with Gasteiger partial charge in [0.1, 0.15) is 0 Å². The summed E-state index contributed by atoms with van der Waals surface area (Å²) < 4.78 is 29.9. The van der Waals surface area contributed by atoms with Crippen molar-refractivity contribution in [2.75, 3.05) is 19.8 Å². The van der Waals surface area contributed by atoms with Gasteiger partial charge in [0, 0.05) is 4.47 Å². The smallest absolute Gasteiger partial charge is 0.379 e. The molecule has 9 heteroatoms. The predicted molar refractivity (Wildman–Crippen MR) is 98.2 cm³/mol. The van der Waals surface area contributed by atoms with Crippen molar-refractivity contribution in [1.82, 2.24) is 10.2 Å². The number of H-pyrrole nitrogens is 1. The Bertz CT molecular complexity index is 783. The highest BCUT2D eigenvalue weighted by Gasteiger charge is 2.36. The van der Waals surface area contributed by atoms with Gasteiger partial charge in [0.15, 0.2) is 11.1 Å². The third-order valence-corrected chi connectivity index (χ3v) is 5.76. The zero-order valence-electron chi connectivity index (χ0n) is 14.2. The fourth-order valence-electron chi connectivity index (χ4n) is 2.30. The Hall–Kier alpha value is -1.47. The van der Waals surface area contributed by atoms with Crippen LogP contribution in [0.15, 0.2) is 28.7 Å². The molecule has 1 heterocycles. The van der Waals surface area contributed by atoms with Crippen molar-refractivity contribution in [3.8, 4) is 11.1 Å². The van der Waals surface area contributed by atoms with E-state index in [2.05, 4.69) is 26.1 Å². The quantitative estimate of drug-likeness (QED) is 0.504. The molecule has 1 aromatic heterocycles. The molecule has 0 aliphatic carbocycles. The lowest BCUT2D eigenvalue weighted by Crippen LogP contribution is -2.15. The molecule has 0 radical (unpaired) electrons. The number of hydrogen-bond acceptors (Lipinski definition) is 6.